The maximum Gasteiger partial charge on any atom is 0.253 e. The van der Waals surface area contributed by atoms with Crippen molar-refractivity contribution in [2.45, 2.75) is 96.1 Å². The lowest BCUT2D eigenvalue weighted by Crippen LogP contribution is -2.43. The first kappa shape index (κ1) is 22.9. The van der Waals surface area contributed by atoms with Gasteiger partial charge in [-0.15, -0.1) is 0 Å². The summed E-state index contributed by atoms with van der Waals surface area (Å²) in [5.41, 5.74) is 0. The highest BCUT2D eigenvalue weighted by Gasteiger charge is 2.39. The highest BCUT2D eigenvalue weighted by molar-refractivity contribution is 6.13. The number of hydrogen-bond acceptors (Lipinski definition) is 4. The van der Waals surface area contributed by atoms with E-state index >= 15 is 0 Å². The molecule has 0 aromatic rings. The minimum Gasteiger partial charge on any atom is -0.272 e. The van der Waals surface area contributed by atoms with Crippen molar-refractivity contribution < 1.29 is 19.2 Å². The van der Waals surface area contributed by atoms with E-state index in [4.69, 9.17) is 0 Å². The first-order valence-corrected chi connectivity index (χ1v) is 12.6. The zero-order valence-corrected chi connectivity index (χ0v) is 19.2. The Morgan fingerprint density at radius 2 is 1.25 bits per heavy atom. The van der Waals surface area contributed by atoms with E-state index in [0.29, 0.717) is 17.8 Å². The van der Waals surface area contributed by atoms with Crippen LogP contribution >= 0.6 is 0 Å². The first-order chi connectivity index (χ1) is 15.5. The van der Waals surface area contributed by atoms with Crippen LogP contribution in [0.4, 0.5) is 0 Å². The van der Waals surface area contributed by atoms with E-state index in [1.807, 2.05) is 0 Å². The van der Waals surface area contributed by atoms with Crippen LogP contribution in [0.25, 0.3) is 0 Å². The Morgan fingerprint density at radius 3 is 1.81 bits per heavy atom. The topological polar surface area (TPSA) is 74.8 Å². The Morgan fingerprint density at radius 1 is 0.719 bits per heavy atom. The third-order valence-electron chi connectivity index (χ3n) is 8.32. The number of carbonyl (C=O) groups is 4. The molecule has 0 saturated heterocycles. The van der Waals surface area contributed by atoms with Gasteiger partial charge in [-0.1, -0.05) is 39.0 Å². The molecule has 4 aliphatic rings. The molecular weight excluding hydrogens is 404 g/mol. The second-order valence-electron chi connectivity index (χ2n) is 10.0. The van der Waals surface area contributed by atoms with E-state index in [1.54, 1.807) is 0 Å². The molecule has 4 rings (SSSR count). The maximum atomic E-state index is 12.2. The molecule has 2 heterocycles. The molecule has 2 aliphatic carbocycles. The largest absolute Gasteiger partial charge is 0.272 e. The standard InChI is InChI=1S/C26H36N2O4/c1-2-20(27-23(29)14-15-24(27)30)12-13-22(18-6-4-3-5-7-18)19-8-10-21(11-9-19)28-25(31)16-17-26(28)32/h14-22H,2-13H2,1H3. The molecule has 2 aliphatic heterocycles. The second kappa shape index (κ2) is 10.1. The second-order valence-corrected chi connectivity index (χ2v) is 10.0. The fourth-order valence-electron chi connectivity index (χ4n) is 6.65. The molecule has 0 aromatic carbocycles. The van der Waals surface area contributed by atoms with Crippen molar-refractivity contribution in [2.24, 2.45) is 17.8 Å². The van der Waals surface area contributed by atoms with E-state index in [2.05, 4.69) is 6.92 Å². The van der Waals surface area contributed by atoms with Crippen LogP contribution in [0.5, 0.6) is 0 Å². The summed E-state index contributed by atoms with van der Waals surface area (Å²) in [7, 11) is 0. The third-order valence-corrected chi connectivity index (χ3v) is 8.32. The van der Waals surface area contributed by atoms with Crippen molar-refractivity contribution in [3.8, 4) is 0 Å². The summed E-state index contributed by atoms with van der Waals surface area (Å²) >= 11 is 0. The van der Waals surface area contributed by atoms with E-state index in [9.17, 15) is 19.2 Å². The molecule has 6 heteroatoms. The summed E-state index contributed by atoms with van der Waals surface area (Å²) in [4.78, 5) is 51.5. The van der Waals surface area contributed by atoms with Gasteiger partial charge in [0.05, 0.1) is 0 Å². The SMILES string of the molecule is CCC(CCC(C1CCCCC1)C1CCC(N2C(=O)C=CC2=O)CC1)N1C(=O)C=CC1=O. The number of nitrogens with zero attached hydrogens (tertiary/aromatic N) is 2. The zero-order chi connectivity index (χ0) is 22.7. The maximum absolute atomic E-state index is 12.2. The van der Waals surface area contributed by atoms with Gasteiger partial charge in [-0.25, -0.2) is 0 Å². The van der Waals surface area contributed by atoms with Gasteiger partial charge in [0, 0.05) is 36.4 Å². The zero-order valence-electron chi connectivity index (χ0n) is 19.2. The number of rotatable bonds is 8. The smallest absolute Gasteiger partial charge is 0.253 e. The Hall–Kier alpha value is -2.24. The Labute approximate surface area is 191 Å². The van der Waals surface area contributed by atoms with E-state index in [1.165, 1.54) is 66.2 Å². The number of hydrogen-bond donors (Lipinski definition) is 0. The monoisotopic (exact) mass is 440 g/mol. The van der Waals surface area contributed by atoms with Crippen molar-refractivity contribution >= 4 is 23.6 Å². The lowest BCUT2D eigenvalue weighted by atomic mass is 9.67. The first-order valence-electron chi connectivity index (χ1n) is 12.6. The molecule has 174 valence electrons. The highest BCUT2D eigenvalue weighted by Crippen LogP contribution is 2.43. The van der Waals surface area contributed by atoms with Crippen molar-refractivity contribution in [1.82, 2.24) is 9.80 Å². The lowest BCUT2D eigenvalue weighted by molar-refractivity contribution is -0.142. The lowest BCUT2D eigenvalue weighted by Gasteiger charge is -2.41. The van der Waals surface area contributed by atoms with E-state index in [0.717, 1.165) is 44.9 Å². The summed E-state index contributed by atoms with van der Waals surface area (Å²) in [6.07, 6.45) is 18.6. The molecule has 2 atom stereocenters. The fourth-order valence-corrected chi connectivity index (χ4v) is 6.65. The Bertz CT molecular complexity index is 767. The predicted octanol–water partition coefficient (Wildman–Crippen LogP) is 4.15. The van der Waals surface area contributed by atoms with Crippen molar-refractivity contribution in [3.63, 3.8) is 0 Å². The van der Waals surface area contributed by atoms with Crippen molar-refractivity contribution in [2.75, 3.05) is 0 Å². The van der Waals surface area contributed by atoms with Gasteiger partial charge in [0.25, 0.3) is 23.6 Å². The fraction of sp³-hybridized carbons (Fsp3) is 0.692. The van der Waals surface area contributed by atoms with Crippen LogP contribution in [0.3, 0.4) is 0 Å². The molecule has 6 nitrogen and oxygen atoms in total. The summed E-state index contributed by atoms with van der Waals surface area (Å²) in [6.45, 7) is 2.06. The molecule has 0 bridgehead atoms. The summed E-state index contributed by atoms with van der Waals surface area (Å²) in [5.74, 6) is 1.21. The van der Waals surface area contributed by atoms with Crippen LogP contribution in [-0.2, 0) is 19.2 Å². The normalized spacial score (nSPS) is 28.8. The van der Waals surface area contributed by atoms with Gasteiger partial charge in [-0.05, 0) is 62.7 Å². The average molecular weight is 441 g/mol. The minimum absolute atomic E-state index is 0.0293. The molecule has 2 saturated carbocycles. The number of imide groups is 2. The minimum atomic E-state index is -0.176. The van der Waals surface area contributed by atoms with Gasteiger partial charge in [0.15, 0.2) is 0 Å². The Kier molecular flexibility index (Phi) is 7.27. The van der Waals surface area contributed by atoms with Crippen LogP contribution in [0.2, 0.25) is 0 Å². The molecule has 32 heavy (non-hydrogen) atoms. The van der Waals surface area contributed by atoms with Crippen LogP contribution in [0.15, 0.2) is 24.3 Å². The number of carbonyl (C=O) groups excluding carboxylic acids is 4. The molecule has 0 N–H and O–H groups in total. The average Bonchev–Trinajstić information content (AvgIpc) is 3.32. The van der Waals surface area contributed by atoms with Gasteiger partial charge in [-0.2, -0.15) is 0 Å². The van der Waals surface area contributed by atoms with Crippen molar-refractivity contribution in [1.29, 1.82) is 0 Å². The van der Waals surface area contributed by atoms with Gasteiger partial charge < -0.3 is 0 Å². The summed E-state index contributed by atoms with van der Waals surface area (Å²) in [6, 6.07) is 0.000843. The van der Waals surface area contributed by atoms with Gasteiger partial charge >= 0.3 is 0 Å². The van der Waals surface area contributed by atoms with Gasteiger partial charge in [0.2, 0.25) is 0 Å². The van der Waals surface area contributed by atoms with E-state index in [-0.39, 0.29) is 35.7 Å². The highest BCUT2D eigenvalue weighted by atomic mass is 16.2. The molecule has 0 radical (unpaired) electrons. The van der Waals surface area contributed by atoms with Gasteiger partial charge in [-0.3, -0.25) is 29.0 Å². The summed E-state index contributed by atoms with van der Waals surface area (Å²) < 4.78 is 0. The van der Waals surface area contributed by atoms with Crippen LogP contribution in [0.1, 0.15) is 84.0 Å². The molecule has 0 aromatic heterocycles. The predicted molar refractivity (Wildman–Crippen MR) is 121 cm³/mol. The molecular formula is C26H36N2O4. The molecule has 2 fully saturated rings. The van der Waals surface area contributed by atoms with Crippen molar-refractivity contribution in [3.05, 3.63) is 24.3 Å². The van der Waals surface area contributed by atoms with Crippen LogP contribution in [0, 0.1) is 17.8 Å². The quantitative estimate of drug-likeness (QED) is 0.532. The van der Waals surface area contributed by atoms with Crippen LogP contribution < -0.4 is 0 Å². The van der Waals surface area contributed by atoms with E-state index < -0.39 is 0 Å². The van der Waals surface area contributed by atoms with Gasteiger partial charge in [0.1, 0.15) is 0 Å². The molecule has 4 amide bonds. The van der Waals surface area contributed by atoms with Crippen LogP contribution in [-0.4, -0.2) is 45.5 Å². The number of amides is 4. The Balaban J connectivity index is 1.40. The third kappa shape index (κ3) is 4.74. The molecule has 2 unspecified atom stereocenters. The molecule has 0 spiro atoms. The summed E-state index contributed by atoms with van der Waals surface area (Å²) in [5, 5.41) is 0.